The second-order valence-electron chi connectivity index (χ2n) is 5.35. The quantitative estimate of drug-likeness (QED) is 0.921. The first-order valence-corrected chi connectivity index (χ1v) is 8.16. The van der Waals surface area contributed by atoms with E-state index in [9.17, 15) is 12.8 Å². The molecule has 0 spiro atoms. The molecular formula is C14H16FNO2S. The number of nitrogens with one attached hydrogen (secondary N) is 1. The Hall–Kier alpha value is -1.20. The summed E-state index contributed by atoms with van der Waals surface area (Å²) in [5, 5.41) is 4.61. The van der Waals surface area contributed by atoms with Crippen molar-refractivity contribution in [3.8, 4) is 0 Å². The van der Waals surface area contributed by atoms with Crippen molar-refractivity contribution >= 4 is 9.84 Å². The maximum atomic E-state index is 13.1. The smallest absolute Gasteiger partial charge is 0.173 e. The molecule has 1 aliphatic heterocycles. The number of sulfone groups is 1. The molecule has 1 atom stereocenters. The van der Waals surface area contributed by atoms with Crippen LogP contribution in [0, 0.1) is 5.82 Å². The van der Waals surface area contributed by atoms with E-state index in [1.807, 2.05) is 6.07 Å². The molecule has 1 aliphatic carbocycles. The van der Waals surface area contributed by atoms with Crippen LogP contribution in [0.25, 0.3) is 0 Å². The van der Waals surface area contributed by atoms with Crippen LogP contribution >= 0.6 is 0 Å². The first kappa shape index (κ1) is 12.8. The van der Waals surface area contributed by atoms with Crippen LogP contribution in [0.1, 0.15) is 24.3 Å². The lowest BCUT2D eigenvalue weighted by atomic mass is 9.75. The van der Waals surface area contributed by atoms with Crippen LogP contribution < -0.4 is 5.32 Å². The first-order valence-electron chi connectivity index (χ1n) is 6.44. The third-order valence-electron chi connectivity index (χ3n) is 3.84. The van der Waals surface area contributed by atoms with Gasteiger partial charge in [-0.3, -0.25) is 0 Å². The van der Waals surface area contributed by atoms with Gasteiger partial charge in [0.1, 0.15) is 5.82 Å². The Labute approximate surface area is 112 Å². The Balaban J connectivity index is 1.53. The molecule has 3 rings (SSSR count). The fourth-order valence-electron chi connectivity index (χ4n) is 2.77. The van der Waals surface area contributed by atoms with Crippen LogP contribution in [0.3, 0.4) is 0 Å². The lowest BCUT2D eigenvalue weighted by Gasteiger charge is -2.37. The molecule has 5 heteroatoms. The van der Waals surface area contributed by atoms with E-state index in [1.54, 1.807) is 18.2 Å². The lowest BCUT2D eigenvalue weighted by molar-refractivity contribution is 0.282. The van der Waals surface area contributed by atoms with E-state index in [2.05, 4.69) is 5.32 Å². The minimum Gasteiger partial charge on any atom is -0.307 e. The standard InChI is InChI=1S/C14H16FNO2S/c15-12-3-1-2-10(6-12)11-7-14(8-11)16-13-4-5-19(17,18)9-13/h1-6,11,13-14,16H,7-9H2. The fourth-order valence-corrected chi connectivity index (χ4v) is 4.02. The highest BCUT2D eigenvalue weighted by molar-refractivity contribution is 7.94. The third-order valence-corrected chi connectivity index (χ3v) is 5.23. The molecule has 19 heavy (non-hydrogen) atoms. The molecular weight excluding hydrogens is 265 g/mol. The predicted molar refractivity (Wildman–Crippen MR) is 72.0 cm³/mol. The zero-order valence-corrected chi connectivity index (χ0v) is 11.2. The summed E-state index contributed by atoms with van der Waals surface area (Å²) in [4.78, 5) is 0. The van der Waals surface area contributed by atoms with Crippen molar-refractivity contribution in [2.45, 2.75) is 30.8 Å². The molecule has 1 unspecified atom stereocenters. The summed E-state index contributed by atoms with van der Waals surface area (Å²) < 4.78 is 35.7. The SMILES string of the molecule is O=S1(=O)C=CC(NC2CC(c3cccc(F)c3)C2)C1. The minimum absolute atomic E-state index is 0.0662. The van der Waals surface area contributed by atoms with E-state index in [0.29, 0.717) is 12.0 Å². The van der Waals surface area contributed by atoms with Crippen LogP contribution in [0.15, 0.2) is 35.7 Å². The second kappa shape index (κ2) is 4.72. The summed E-state index contributed by atoms with van der Waals surface area (Å²) in [6.45, 7) is 0. The molecule has 0 bridgehead atoms. The number of rotatable bonds is 3. The maximum Gasteiger partial charge on any atom is 0.173 e. The van der Waals surface area contributed by atoms with Gasteiger partial charge in [0.2, 0.25) is 0 Å². The predicted octanol–water partition coefficient (Wildman–Crippen LogP) is 1.97. The lowest BCUT2D eigenvalue weighted by Crippen LogP contribution is -2.45. The van der Waals surface area contributed by atoms with Gasteiger partial charge in [-0.1, -0.05) is 18.2 Å². The molecule has 1 aromatic carbocycles. The van der Waals surface area contributed by atoms with Crippen molar-refractivity contribution < 1.29 is 12.8 Å². The van der Waals surface area contributed by atoms with Crippen LogP contribution in [0.4, 0.5) is 4.39 Å². The van der Waals surface area contributed by atoms with Crippen LogP contribution in [0.2, 0.25) is 0 Å². The number of halogens is 1. The zero-order chi connectivity index (χ0) is 13.5. The zero-order valence-electron chi connectivity index (χ0n) is 10.4. The monoisotopic (exact) mass is 281 g/mol. The number of hydrogen-bond acceptors (Lipinski definition) is 3. The molecule has 2 aliphatic rings. The Morgan fingerprint density at radius 2 is 2.05 bits per heavy atom. The Bertz CT molecular complexity index is 606. The highest BCUT2D eigenvalue weighted by atomic mass is 32.2. The van der Waals surface area contributed by atoms with Gasteiger partial charge in [0.05, 0.1) is 5.75 Å². The van der Waals surface area contributed by atoms with Gasteiger partial charge in [-0.05, 0) is 36.5 Å². The van der Waals surface area contributed by atoms with Crippen molar-refractivity contribution in [1.82, 2.24) is 5.32 Å². The minimum atomic E-state index is -2.99. The molecule has 0 radical (unpaired) electrons. The molecule has 1 aromatic rings. The number of hydrogen-bond donors (Lipinski definition) is 1. The van der Waals surface area contributed by atoms with E-state index in [-0.39, 0.29) is 17.6 Å². The third kappa shape index (κ3) is 2.87. The van der Waals surface area contributed by atoms with Gasteiger partial charge in [0.15, 0.2) is 9.84 Å². The Kier molecular flexibility index (Phi) is 3.19. The summed E-state index contributed by atoms with van der Waals surface area (Å²) >= 11 is 0. The first-order chi connectivity index (χ1) is 9.02. The molecule has 1 heterocycles. The highest BCUT2D eigenvalue weighted by Crippen LogP contribution is 2.37. The van der Waals surface area contributed by atoms with E-state index in [4.69, 9.17) is 0 Å². The fraction of sp³-hybridized carbons (Fsp3) is 0.429. The molecule has 0 amide bonds. The number of benzene rings is 1. The van der Waals surface area contributed by atoms with Crippen molar-refractivity contribution in [3.63, 3.8) is 0 Å². The highest BCUT2D eigenvalue weighted by Gasteiger charge is 2.33. The van der Waals surface area contributed by atoms with E-state index in [1.165, 1.54) is 11.5 Å². The Morgan fingerprint density at radius 3 is 2.68 bits per heavy atom. The van der Waals surface area contributed by atoms with Gasteiger partial charge in [-0.25, -0.2) is 12.8 Å². The van der Waals surface area contributed by atoms with Crippen molar-refractivity contribution in [1.29, 1.82) is 0 Å². The summed E-state index contributed by atoms with van der Waals surface area (Å²) in [5.74, 6) is 0.350. The van der Waals surface area contributed by atoms with Crippen molar-refractivity contribution in [3.05, 3.63) is 47.1 Å². The normalized spacial score (nSPS) is 32.2. The Morgan fingerprint density at radius 1 is 1.26 bits per heavy atom. The maximum absolute atomic E-state index is 13.1. The molecule has 1 N–H and O–H groups in total. The van der Waals surface area contributed by atoms with Gasteiger partial charge in [0.25, 0.3) is 0 Å². The molecule has 1 saturated carbocycles. The summed E-state index contributed by atoms with van der Waals surface area (Å²) in [6.07, 6.45) is 3.59. The van der Waals surface area contributed by atoms with Gasteiger partial charge >= 0.3 is 0 Å². The van der Waals surface area contributed by atoms with E-state index < -0.39 is 9.84 Å². The summed E-state index contributed by atoms with van der Waals surface area (Å²) in [6, 6.07) is 6.98. The molecule has 1 fully saturated rings. The van der Waals surface area contributed by atoms with Crippen LogP contribution in [-0.2, 0) is 9.84 Å². The molecule has 102 valence electrons. The summed E-state index contributed by atoms with van der Waals surface area (Å²) in [7, 11) is -2.99. The largest absolute Gasteiger partial charge is 0.307 e. The van der Waals surface area contributed by atoms with Gasteiger partial charge in [-0.2, -0.15) is 0 Å². The van der Waals surface area contributed by atoms with Crippen molar-refractivity contribution in [2.24, 2.45) is 0 Å². The molecule has 0 aromatic heterocycles. The van der Waals surface area contributed by atoms with Crippen LogP contribution in [-0.4, -0.2) is 26.3 Å². The summed E-state index contributed by atoms with van der Waals surface area (Å²) in [5.41, 5.74) is 1.03. The van der Waals surface area contributed by atoms with Crippen LogP contribution in [0.5, 0.6) is 0 Å². The molecule has 0 saturated heterocycles. The topological polar surface area (TPSA) is 46.2 Å². The van der Waals surface area contributed by atoms with Gasteiger partial charge in [-0.15, -0.1) is 0 Å². The van der Waals surface area contributed by atoms with Crippen molar-refractivity contribution in [2.75, 3.05) is 5.75 Å². The van der Waals surface area contributed by atoms with E-state index in [0.717, 1.165) is 18.4 Å². The van der Waals surface area contributed by atoms with Gasteiger partial charge < -0.3 is 5.32 Å². The second-order valence-corrected chi connectivity index (χ2v) is 7.28. The molecule has 3 nitrogen and oxygen atoms in total. The van der Waals surface area contributed by atoms with E-state index >= 15 is 0 Å². The van der Waals surface area contributed by atoms with Gasteiger partial charge in [0, 0.05) is 17.5 Å². The average Bonchev–Trinajstić information content (AvgIpc) is 2.63. The average molecular weight is 281 g/mol.